The van der Waals surface area contributed by atoms with Crippen LogP contribution in [-0.2, 0) is 44.7 Å². The molecule has 6 aromatic rings. The molecule has 0 aliphatic carbocycles. The van der Waals surface area contributed by atoms with E-state index in [2.05, 4.69) is 35.7 Å². The lowest BCUT2D eigenvalue weighted by Gasteiger charge is -2.33. The number of halogens is 6. The molecule has 0 aliphatic heterocycles. The van der Waals surface area contributed by atoms with Crippen LogP contribution in [0.1, 0.15) is 59.1 Å². The third-order valence-electron chi connectivity index (χ3n) is 10.9. The largest absolute Gasteiger partial charge is 0.500 e. The van der Waals surface area contributed by atoms with Crippen molar-refractivity contribution < 1.29 is 64.4 Å². The molecule has 0 aromatic heterocycles. The number of ether oxygens (including phenoxy) is 6. The number of esters is 2. The van der Waals surface area contributed by atoms with Crippen LogP contribution < -0.4 is 30.4 Å². The number of hydrogen-bond donors (Lipinski definition) is 2. The van der Waals surface area contributed by atoms with E-state index in [4.69, 9.17) is 28.4 Å². The summed E-state index contributed by atoms with van der Waals surface area (Å²) < 4.78 is 109. The van der Waals surface area contributed by atoms with Crippen LogP contribution in [0.4, 0.5) is 26.3 Å². The lowest BCUT2D eigenvalue weighted by molar-refractivity contribution is -0.137. The molecule has 0 heterocycles. The average molecular weight is 1040 g/mol. The number of carbonyl (C=O) groups excluding carboxylic acids is 2. The van der Waals surface area contributed by atoms with E-state index in [9.17, 15) is 35.9 Å². The Hall–Kier alpha value is -7.56. The summed E-state index contributed by atoms with van der Waals surface area (Å²) in [5.41, 5.74) is 13.7. The van der Waals surface area contributed by atoms with Crippen molar-refractivity contribution in [2.75, 3.05) is 40.5 Å². The first-order valence-electron chi connectivity index (χ1n) is 24.1. The Morgan fingerprint density at radius 1 is 0.440 bits per heavy atom. The van der Waals surface area contributed by atoms with Gasteiger partial charge in [0.15, 0.2) is 0 Å². The van der Waals surface area contributed by atoms with Crippen LogP contribution in [-0.4, -0.2) is 64.8 Å². The predicted octanol–water partition coefficient (Wildman–Crippen LogP) is 12.7. The Morgan fingerprint density at radius 3 is 1.11 bits per heavy atom. The van der Waals surface area contributed by atoms with Crippen LogP contribution in [0.15, 0.2) is 170 Å². The molecule has 75 heavy (non-hydrogen) atoms. The minimum atomic E-state index is -4.22. The molecule has 0 bridgehead atoms. The molecule has 0 saturated carbocycles. The van der Waals surface area contributed by atoms with Crippen LogP contribution in [0.25, 0.3) is 12.2 Å². The van der Waals surface area contributed by atoms with Gasteiger partial charge in [-0.1, -0.05) is 109 Å². The molecule has 6 rings (SSSR count). The summed E-state index contributed by atoms with van der Waals surface area (Å²) in [6.07, 6.45) is -2.36. The van der Waals surface area contributed by atoms with Gasteiger partial charge in [0, 0.05) is 18.3 Å². The van der Waals surface area contributed by atoms with Gasteiger partial charge < -0.3 is 39.9 Å². The van der Waals surface area contributed by atoms with Crippen LogP contribution in [0.3, 0.4) is 0 Å². The molecular formula is C59H64F6N2O8. The third kappa shape index (κ3) is 24.4. The van der Waals surface area contributed by atoms with Gasteiger partial charge in [-0.05, 0) is 134 Å². The van der Waals surface area contributed by atoms with E-state index in [-0.39, 0.29) is 38.9 Å². The smallest absolute Gasteiger partial charge is 0.389 e. The van der Waals surface area contributed by atoms with Crippen molar-refractivity contribution in [2.24, 2.45) is 16.9 Å². The van der Waals surface area contributed by atoms with E-state index < -0.39 is 42.5 Å². The fourth-order valence-electron chi connectivity index (χ4n) is 7.36. The summed E-state index contributed by atoms with van der Waals surface area (Å²) in [6, 6.07) is 47.3. The fourth-order valence-corrected chi connectivity index (χ4v) is 7.36. The van der Waals surface area contributed by atoms with E-state index >= 15 is 0 Å². The summed E-state index contributed by atoms with van der Waals surface area (Å²) in [7, 11) is 3.00. The maximum atomic E-state index is 12.7. The molecular weight excluding hydrogens is 979 g/mol. The Balaban J connectivity index is 0.00000297. The highest BCUT2D eigenvalue weighted by Gasteiger charge is 2.33. The zero-order chi connectivity index (χ0) is 54.4. The standard InChI is InChI=1S/C57H54F6O8.2CH5N/c58-56(59,60)31-7-33-68-49-21-17-45(18-22-49)37-53(64)70-51-25-13-43(14-26-51)29-35-66-41-55(39-47-9-3-1-4-10-47,40-48-11-5-2-6-12-48)42-67-36-30-44-15-27-52(28-16-44)71-54(65)38-46-19-23-50(24-20-46)69-34-8-32-57(61,62)63;2*1-2/h1-6,9-30,35-36H,7-8,31-34,37-42H2;2*2H2,1H3/b35-29+,36-30+;;. The van der Waals surface area contributed by atoms with Crippen LogP contribution >= 0.6 is 0 Å². The maximum Gasteiger partial charge on any atom is 0.389 e. The van der Waals surface area contributed by atoms with Crippen molar-refractivity contribution >= 4 is 24.1 Å². The zero-order valence-corrected chi connectivity index (χ0v) is 42.0. The van der Waals surface area contributed by atoms with E-state index in [1.807, 2.05) is 48.6 Å². The molecule has 0 fully saturated rings. The molecule has 4 N–H and O–H groups in total. The summed E-state index contributed by atoms with van der Waals surface area (Å²) in [5.74, 6) is 0.608. The lowest BCUT2D eigenvalue weighted by atomic mass is 9.77. The molecule has 0 spiro atoms. The van der Waals surface area contributed by atoms with Gasteiger partial charge in [0.25, 0.3) is 0 Å². The number of alkyl halides is 6. The Kier molecular flexibility index (Phi) is 25.5. The zero-order valence-electron chi connectivity index (χ0n) is 42.0. The normalized spacial score (nSPS) is 11.4. The van der Waals surface area contributed by atoms with Gasteiger partial charge in [0.2, 0.25) is 0 Å². The minimum Gasteiger partial charge on any atom is -0.500 e. The molecule has 16 heteroatoms. The summed E-state index contributed by atoms with van der Waals surface area (Å²) in [6.45, 7) is 0.495. The molecule has 0 unspecified atom stereocenters. The molecule has 0 radical (unpaired) electrons. The van der Waals surface area contributed by atoms with Crippen LogP contribution in [0.5, 0.6) is 23.0 Å². The monoisotopic (exact) mass is 1040 g/mol. The van der Waals surface area contributed by atoms with Crippen molar-refractivity contribution in [2.45, 2.75) is 63.7 Å². The van der Waals surface area contributed by atoms with Gasteiger partial charge in [0.1, 0.15) is 23.0 Å². The molecule has 400 valence electrons. The quantitative estimate of drug-likeness (QED) is 0.0177. The second-order valence-corrected chi connectivity index (χ2v) is 16.9. The van der Waals surface area contributed by atoms with E-state index in [0.29, 0.717) is 60.2 Å². The third-order valence-corrected chi connectivity index (χ3v) is 10.9. The first kappa shape index (κ1) is 60.0. The number of rotatable bonds is 26. The predicted molar refractivity (Wildman–Crippen MR) is 279 cm³/mol. The summed E-state index contributed by atoms with van der Waals surface area (Å²) in [4.78, 5) is 25.4. The van der Waals surface area contributed by atoms with Crippen molar-refractivity contribution in [3.8, 4) is 23.0 Å². The van der Waals surface area contributed by atoms with Gasteiger partial charge in [-0.15, -0.1) is 0 Å². The topological polar surface area (TPSA) is 142 Å². The van der Waals surface area contributed by atoms with Crippen molar-refractivity contribution in [1.29, 1.82) is 0 Å². The van der Waals surface area contributed by atoms with Gasteiger partial charge >= 0.3 is 24.3 Å². The Bertz CT molecular complexity index is 2410. The highest BCUT2D eigenvalue weighted by atomic mass is 19.4. The van der Waals surface area contributed by atoms with Gasteiger partial charge in [-0.2, -0.15) is 26.3 Å². The molecule has 0 amide bonds. The highest BCUT2D eigenvalue weighted by Crippen LogP contribution is 2.31. The highest BCUT2D eigenvalue weighted by molar-refractivity contribution is 5.76. The van der Waals surface area contributed by atoms with Crippen LogP contribution in [0, 0.1) is 5.41 Å². The first-order valence-corrected chi connectivity index (χ1v) is 24.1. The van der Waals surface area contributed by atoms with Gasteiger partial charge in [0.05, 0.1) is 51.8 Å². The first-order chi connectivity index (χ1) is 36.2. The van der Waals surface area contributed by atoms with E-state index in [0.717, 1.165) is 22.3 Å². The SMILES string of the molecule is CN.CN.O=C(Cc1ccc(OCCCC(F)(F)F)cc1)Oc1ccc(/C=C/OCC(CO/C=C/c2ccc(OC(=O)Cc3ccc(OCCCC(F)(F)F)cc3)cc2)(Cc2ccccc2)Cc2ccccc2)cc1. The molecule has 10 nitrogen and oxygen atoms in total. The van der Waals surface area contributed by atoms with Crippen molar-refractivity contribution in [1.82, 2.24) is 0 Å². The average Bonchev–Trinajstić information content (AvgIpc) is 3.40. The molecule has 0 aliphatic rings. The van der Waals surface area contributed by atoms with Gasteiger partial charge in [-0.3, -0.25) is 9.59 Å². The van der Waals surface area contributed by atoms with E-state index in [1.54, 1.807) is 110 Å². The second kappa shape index (κ2) is 31.9. The Morgan fingerprint density at radius 2 is 0.773 bits per heavy atom. The number of nitrogens with two attached hydrogens (primary N) is 2. The second-order valence-electron chi connectivity index (χ2n) is 16.9. The maximum absolute atomic E-state index is 12.7. The van der Waals surface area contributed by atoms with Crippen molar-refractivity contribution in [3.05, 3.63) is 204 Å². The van der Waals surface area contributed by atoms with Crippen molar-refractivity contribution in [3.63, 3.8) is 0 Å². The summed E-state index contributed by atoms with van der Waals surface area (Å²) in [5, 5.41) is 0. The van der Waals surface area contributed by atoms with Crippen LogP contribution in [0.2, 0.25) is 0 Å². The lowest BCUT2D eigenvalue weighted by Crippen LogP contribution is -2.36. The number of benzene rings is 6. The minimum absolute atomic E-state index is 0.00718. The fraction of sp³-hybridized carbons (Fsp3) is 0.288. The number of carbonyl (C=O) groups is 2. The van der Waals surface area contributed by atoms with Gasteiger partial charge in [-0.25, -0.2) is 0 Å². The summed E-state index contributed by atoms with van der Waals surface area (Å²) >= 11 is 0. The molecule has 0 atom stereocenters. The Labute approximate surface area is 434 Å². The molecule has 6 aromatic carbocycles. The van der Waals surface area contributed by atoms with E-state index in [1.165, 1.54) is 14.1 Å². The molecule has 0 saturated heterocycles. The number of hydrogen-bond acceptors (Lipinski definition) is 10.